The second-order valence-corrected chi connectivity index (χ2v) is 9.97. The average Bonchev–Trinajstić information content (AvgIpc) is 2.75. The van der Waals surface area contributed by atoms with Crippen LogP contribution in [0.15, 0.2) is 61.2 Å². The standard InChI is InChI=1S/C27H31Cl2NO2/c1-5-14-27(4)17-24(20-8-7-9-22(29)16-20)25(19-10-12-21(28)13-11-19)30(26(27)32)23(6-2)15-18(3)31/h5,7-13,16,23-25H,1,6,14-15,17H2,2-4H3/t23-,24+,25+,27-/m0/s1. The molecule has 1 aliphatic heterocycles. The number of benzene rings is 2. The summed E-state index contributed by atoms with van der Waals surface area (Å²) >= 11 is 12.6. The average molecular weight is 472 g/mol. The van der Waals surface area contributed by atoms with E-state index in [1.165, 1.54) is 0 Å². The summed E-state index contributed by atoms with van der Waals surface area (Å²) in [5, 5.41) is 1.32. The predicted molar refractivity (Wildman–Crippen MR) is 132 cm³/mol. The Hall–Kier alpha value is -2.10. The van der Waals surface area contributed by atoms with E-state index in [9.17, 15) is 9.59 Å². The van der Waals surface area contributed by atoms with Gasteiger partial charge in [-0.2, -0.15) is 0 Å². The number of piperidine rings is 1. The van der Waals surface area contributed by atoms with Crippen molar-refractivity contribution in [2.45, 2.75) is 64.5 Å². The van der Waals surface area contributed by atoms with Crippen molar-refractivity contribution in [1.82, 2.24) is 4.90 Å². The van der Waals surface area contributed by atoms with Crippen molar-refractivity contribution in [2.24, 2.45) is 5.41 Å². The highest BCUT2D eigenvalue weighted by Crippen LogP contribution is 2.52. The van der Waals surface area contributed by atoms with Crippen LogP contribution in [0.5, 0.6) is 0 Å². The molecule has 1 saturated heterocycles. The van der Waals surface area contributed by atoms with E-state index in [-0.39, 0.29) is 29.7 Å². The van der Waals surface area contributed by atoms with Gasteiger partial charge in [0.15, 0.2) is 0 Å². The highest BCUT2D eigenvalue weighted by atomic mass is 35.5. The lowest BCUT2D eigenvalue weighted by Crippen LogP contribution is -2.55. The van der Waals surface area contributed by atoms with Crippen molar-refractivity contribution in [2.75, 3.05) is 0 Å². The van der Waals surface area contributed by atoms with Gasteiger partial charge in [0.05, 0.1) is 11.5 Å². The number of Topliss-reactive ketones (excluding diaryl/α,β-unsaturated/α-hetero) is 1. The van der Waals surface area contributed by atoms with Crippen molar-refractivity contribution in [3.05, 3.63) is 82.4 Å². The monoisotopic (exact) mass is 471 g/mol. The van der Waals surface area contributed by atoms with E-state index in [1.54, 1.807) is 6.92 Å². The number of carbonyl (C=O) groups excluding carboxylic acids is 2. The number of likely N-dealkylation sites (tertiary alicyclic amines) is 1. The third-order valence-electron chi connectivity index (χ3n) is 6.57. The van der Waals surface area contributed by atoms with Gasteiger partial charge in [0.2, 0.25) is 5.91 Å². The molecular weight excluding hydrogens is 441 g/mol. The first-order valence-corrected chi connectivity index (χ1v) is 11.9. The molecule has 0 radical (unpaired) electrons. The van der Waals surface area contributed by atoms with E-state index in [1.807, 2.05) is 67.3 Å². The Bertz CT molecular complexity index is 987. The van der Waals surface area contributed by atoms with Crippen LogP contribution in [0.4, 0.5) is 0 Å². The van der Waals surface area contributed by atoms with Gasteiger partial charge in [-0.3, -0.25) is 9.59 Å². The maximum absolute atomic E-state index is 14.0. The molecule has 1 fully saturated rings. The lowest BCUT2D eigenvalue weighted by atomic mass is 9.67. The Morgan fingerprint density at radius 3 is 2.44 bits per heavy atom. The molecule has 4 atom stereocenters. The molecule has 0 N–H and O–H groups in total. The van der Waals surface area contributed by atoms with Crippen molar-refractivity contribution in [3.8, 4) is 0 Å². The Labute approximate surface area is 201 Å². The Morgan fingerprint density at radius 1 is 1.19 bits per heavy atom. The van der Waals surface area contributed by atoms with Gasteiger partial charge in [-0.15, -0.1) is 6.58 Å². The highest BCUT2D eigenvalue weighted by Gasteiger charge is 2.50. The molecule has 2 aromatic carbocycles. The van der Waals surface area contributed by atoms with Crippen LogP contribution in [0, 0.1) is 5.41 Å². The summed E-state index contributed by atoms with van der Waals surface area (Å²) < 4.78 is 0. The Balaban J connectivity index is 2.23. The third-order valence-corrected chi connectivity index (χ3v) is 7.06. The van der Waals surface area contributed by atoms with Gasteiger partial charge in [0.25, 0.3) is 0 Å². The predicted octanol–water partition coefficient (Wildman–Crippen LogP) is 7.39. The van der Waals surface area contributed by atoms with Gasteiger partial charge < -0.3 is 4.90 Å². The van der Waals surface area contributed by atoms with Gasteiger partial charge in [-0.05, 0) is 61.6 Å². The fraction of sp³-hybridized carbons (Fsp3) is 0.407. The number of nitrogens with zero attached hydrogens (tertiary/aromatic N) is 1. The fourth-order valence-electron chi connectivity index (χ4n) is 5.06. The number of halogens is 2. The number of rotatable bonds is 8. The summed E-state index contributed by atoms with van der Waals surface area (Å²) in [5.41, 5.74) is 1.49. The summed E-state index contributed by atoms with van der Waals surface area (Å²) in [6.45, 7) is 9.55. The van der Waals surface area contributed by atoms with Crippen LogP contribution in [0.25, 0.3) is 0 Å². The molecule has 0 unspecified atom stereocenters. The van der Waals surface area contributed by atoms with Gasteiger partial charge in [0, 0.05) is 28.4 Å². The minimum atomic E-state index is -0.609. The summed E-state index contributed by atoms with van der Waals surface area (Å²) in [7, 11) is 0. The first-order valence-electron chi connectivity index (χ1n) is 11.1. The molecule has 3 rings (SSSR count). The number of hydrogen-bond acceptors (Lipinski definition) is 2. The zero-order valence-electron chi connectivity index (χ0n) is 19.0. The zero-order chi connectivity index (χ0) is 23.5. The van der Waals surface area contributed by atoms with Crippen molar-refractivity contribution in [3.63, 3.8) is 0 Å². The Morgan fingerprint density at radius 2 is 1.88 bits per heavy atom. The molecule has 1 amide bonds. The number of amides is 1. The molecule has 0 spiro atoms. The molecular formula is C27H31Cl2NO2. The van der Waals surface area contributed by atoms with Crippen LogP contribution in [-0.4, -0.2) is 22.6 Å². The molecule has 0 saturated carbocycles. The summed E-state index contributed by atoms with van der Waals surface area (Å²) in [6, 6.07) is 15.2. The van der Waals surface area contributed by atoms with E-state index in [2.05, 4.69) is 12.6 Å². The second-order valence-electron chi connectivity index (χ2n) is 9.10. The molecule has 0 aliphatic carbocycles. The van der Waals surface area contributed by atoms with Crippen molar-refractivity contribution >= 4 is 34.9 Å². The molecule has 1 heterocycles. The topological polar surface area (TPSA) is 37.4 Å². The maximum Gasteiger partial charge on any atom is 0.229 e. The number of hydrogen-bond donors (Lipinski definition) is 0. The zero-order valence-corrected chi connectivity index (χ0v) is 20.5. The molecule has 0 aromatic heterocycles. The Kier molecular flexibility index (Phi) is 7.84. The fourth-order valence-corrected chi connectivity index (χ4v) is 5.38. The lowest BCUT2D eigenvalue weighted by Gasteiger charge is -2.52. The lowest BCUT2D eigenvalue weighted by molar-refractivity contribution is -0.155. The van der Waals surface area contributed by atoms with E-state index < -0.39 is 5.41 Å². The summed E-state index contributed by atoms with van der Waals surface area (Å²) in [4.78, 5) is 28.1. The molecule has 5 heteroatoms. The second kappa shape index (κ2) is 10.2. The van der Waals surface area contributed by atoms with E-state index in [0.29, 0.717) is 35.7 Å². The van der Waals surface area contributed by atoms with Gasteiger partial charge >= 0.3 is 0 Å². The molecule has 32 heavy (non-hydrogen) atoms. The quantitative estimate of drug-likeness (QED) is 0.376. The van der Waals surface area contributed by atoms with E-state index in [0.717, 1.165) is 11.1 Å². The molecule has 1 aliphatic rings. The van der Waals surface area contributed by atoms with E-state index >= 15 is 0 Å². The minimum Gasteiger partial charge on any atom is -0.331 e. The summed E-state index contributed by atoms with van der Waals surface area (Å²) in [6.07, 6.45) is 4.09. The highest BCUT2D eigenvalue weighted by molar-refractivity contribution is 6.30. The molecule has 2 aromatic rings. The van der Waals surface area contributed by atoms with E-state index in [4.69, 9.17) is 23.2 Å². The number of carbonyl (C=O) groups is 2. The normalized spacial score (nSPS) is 24.3. The summed E-state index contributed by atoms with van der Waals surface area (Å²) in [5.74, 6) is 0.164. The SMILES string of the molecule is C=CC[C@@]1(C)C[C@H](c2cccc(Cl)c2)[C@@H](c2ccc(Cl)cc2)N([C@@H](CC)CC(C)=O)C1=O. The molecule has 170 valence electrons. The van der Waals surface area contributed by atoms with Gasteiger partial charge in [0.1, 0.15) is 5.78 Å². The van der Waals surface area contributed by atoms with Crippen LogP contribution in [0.2, 0.25) is 10.0 Å². The van der Waals surface area contributed by atoms with Crippen molar-refractivity contribution in [1.29, 1.82) is 0 Å². The first kappa shape index (κ1) is 24.5. The minimum absolute atomic E-state index is 0.0125. The van der Waals surface area contributed by atoms with Crippen molar-refractivity contribution < 1.29 is 9.59 Å². The third kappa shape index (κ3) is 5.10. The first-order chi connectivity index (χ1) is 15.2. The van der Waals surface area contributed by atoms with Crippen LogP contribution in [0.1, 0.15) is 69.5 Å². The number of ketones is 1. The van der Waals surface area contributed by atoms with Gasteiger partial charge in [-0.1, -0.05) is 67.4 Å². The van der Waals surface area contributed by atoms with Crippen LogP contribution in [0.3, 0.4) is 0 Å². The van der Waals surface area contributed by atoms with Crippen LogP contribution >= 0.6 is 23.2 Å². The number of allylic oxidation sites excluding steroid dienone is 1. The van der Waals surface area contributed by atoms with Gasteiger partial charge in [-0.25, -0.2) is 0 Å². The van der Waals surface area contributed by atoms with Crippen LogP contribution < -0.4 is 0 Å². The maximum atomic E-state index is 14.0. The largest absolute Gasteiger partial charge is 0.331 e. The molecule has 3 nitrogen and oxygen atoms in total. The smallest absolute Gasteiger partial charge is 0.229 e. The molecule has 0 bridgehead atoms. The van der Waals surface area contributed by atoms with Crippen LogP contribution in [-0.2, 0) is 9.59 Å².